The Bertz CT molecular complexity index is 686. The second-order valence-electron chi connectivity index (χ2n) is 5.02. The molecule has 0 spiro atoms. The Kier molecular flexibility index (Phi) is 4.88. The van der Waals surface area contributed by atoms with Crippen molar-refractivity contribution < 1.29 is 19.1 Å². The van der Waals surface area contributed by atoms with Crippen LogP contribution in [0.2, 0.25) is 0 Å². The van der Waals surface area contributed by atoms with Gasteiger partial charge in [0.15, 0.2) is 0 Å². The molecule has 2 aromatic rings. The summed E-state index contributed by atoms with van der Waals surface area (Å²) in [4.78, 5) is 23.2. The largest absolute Gasteiger partial charge is 0.481 e. The van der Waals surface area contributed by atoms with Crippen molar-refractivity contribution in [2.75, 3.05) is 0 Å². The monoisotopic (exact) mass is 301 g/mol. The molecule has 0 aliphatic heterocycles. The molecule has 2 rings (SSSR count). The summed E-state index contributed by atoms with van der Waals surface area (Å²) in [6.07, 6.45) is -0.275. The lowest BCUT2D eigenvalue weighted by molar-refractivity contribution is -0.137. The number of carboxylic acids is 1. The average Bonchev–Trinajstić information content (AvgIpc) is 2.49. The van der Waals surface area contributed by atoms with E-state index in [1.165, 1.54) is 12.1 Å². The van der Waals surface area contributed by atoms with Crippen LogP contribution in [0.5, 0.6) is 0 Å². The van der Waals surface area contributed by atoms with Gasteiger partial charge in [0.05, 0.1) is 18.0 Å². The van der Waals surface area contributed by atoms with E-state index in [9.17, 15) is 14.0 Å². The van der Waals surface area contributed by atoms with E-state index in [4.69, 9.17) is 5.11 Å². The van der Waals surface area contributed by atoms with Crippen LogP contribution in [0.3, 0.4) is 0 Å². The molecule has 5 heteroatoms. The maximum absolute atomic E-state index is 13.8. The maximum atomic E-state index is 13.8. The van der Waals surface area contributed by atoms with E-state index in [1.807, 2.05) is 0 Å². The molecule has 1 atom stereocenters. The fourth-order valence-corrected chi connectivity index (χ4v) is 2.16. The minimum atomic E-state index is -1.04. The number of hydrogen-bond donors (Lipinski definition) is 2. The Morgan fingerprint density at radius 3 is 2.50 bits per heavy atom. The minimum Gasteiger partial charge on any atom is -0.481 e. The van der Waals surface area contributed by atoms with Crippen molar-refractivity contribution >= 4 is 11.9 Å². The third-order valence-corrected chi connectivity index (χ3v) is 3.25. The molecule has 0 bridgehead atoms. The van der Waals surface area contributed by atoms with Crippen LogP contribution in [0, 0.1) is 12.7 Å². The first kappa shape index (κ1) is 15.7. The van der Waals surface area contributed by atoms with E-state index in [2.05, 4.69) is 5.32 Å². The zero-order chi connectivity index (χ0) is 16.1. The van der Waals surface area contributed by atoms with Gasteiger partial charge in [0.25, 0.3) is 5.91 Å². The average molecular weight is 301 g/mol. The van der Waals surface area contributed by atoms with Crippen LogP contribution in [0.1, 0.15) is 33.9 Å². The number of hydrogen-bond acceptors (Lipinski definition) is 2. The van der Waals surface area contributed by atoms with Crippen molar-refractivity contribution in [3.05, 3.63) is 71.0 Å². The van der Waals surface area contributed by atoms with Crippen LogP contribution >= 0.6 is 0 Å². The predicted octanol–water partition coefficient (Wildman–Crippen LogP) is 3.08. The molecule has 22 heavy (non-hydrogen) atoms. The Hall–Kier alpha value is -2.69. The number of aryl methyl sites for hydroxylation is 1. The van der Waals surface area contributed by atoms with Gasteiger partial charge in [-0.3, -0.25) is 9.59 Å². The van der Waals surface area contributed by atoms with Crippen molar-refractivity contribution in [1.29, 1.82) is 0 Å². The Balaban J connectivity index is 2.25. The molecule has 0 saturated carbocycles. The number of benzene rings is 2. The van der Waals surface area contributed by atoms with Crippen LogP contribution in [-0.4, -0.2) is 17.0 Å². The van der Waals surface area contributed by atoms with Gasteiger partial charge < -0.3 is 10.4 Å². The summed E-state index contributed by atoms with van der Waals surface area (Å²) < 4.78 is 13.8. The van der Waals surface area contributed by atoms with Gasteiger partial charge in [0.1, 0.15) is 5.82 Å². The lowest BCUT2D eigenvalue weighted by Crippen LogP contribution is -2.30. The molecule has 1 unspecified atom stereocenters. The van der Waals surface area contributed by atoms with Gasteiger partial charge in [-0.15, -0.1) is 0 Å². The highest BCUT2D eigenvalue weighted by Crippen LogP contribution is 2.18. The molecule has 0 aromatic heterocycles. The number of rotatable bonds is 5. The van der Waals surface area contributed by atoms with Crippen LogP contribution in [0.4, 0.5) is 4.39 Å². The molecule has 4 nitrogen and oxygen atoms in total. The van der Waals surface area contributed by atoms with E-state index >= 15 is 0 Å². The van der Waals surface area contributed by atoms with Gasteiger partial charge in [0.2, 0.25) is 0 Å². The topological polar surface area (TPSA) is 66.4 Å². The van der Waals surface area contributed by atoms with Crippen molar-refractivity contribution in [3.63, 3.8) is 0 Å². The van der Waals surface area contributed by atoms with Crippen LogP contribution in [0.25, 0.3) is 0 Å². The molecular formula is C17H16FNO3. The van der Waals surface area contributed by atoms with E-state index in [1.54, 1.807) is 43.3 Å². The smallest absolute Gasteiger partial charge is 0.305 e. The van der Waals surface area contributed by atoms with Gasteiger partial charge in [0, 0.05) is 0 Å². The van der Waals surface area contributed by atoms with E-state index < -0.39 is 23.7 Å². The van der Waals surface area contributed by atoms with Crippen molar-refractivity contribution in [2.24, 2.45) is 0 Å². The molecule has 1 amide bonds. The third kappa shape index (κ3) is 3.91. The second-order valence-corrected chi connectivity index (χ2v) is 5.02. The van der Waals surface area contributed by atoms with Crippen molar-refractivity contribution in [3.8, 4) is 0 Å². The van der Waals surface area contributed by atoms with E-state index in [0.29, 0.717) is 5.56 Å². The first-order chi connectivity index (χ1) is 10.5. The van der Waals surface area contributed by atoms with Gasteiger partial charge in [-0.05, 0) is 24.6 Å². The molecule has 0 heterocycles. The van der Waals surface area contributed by atoms with Gasteiger partial charge in [-0.25, -0.2) is 4.39 Å². The molecule has 0 aliphatic rings. The molecule has 0 aliphatic carbocycles. The molecule has 0 radical (unpaired) electrons. The molecule has 2 N–H and O–H groups in total. The summed E-state index contributed by atoms with van der Waals surface area (Å²) in [6, 6.07) is 12.3. The van der Waals surface area contributed by atoms with Crippen molar-refractivity contribution in [1.82, 2.24) is 5.32 Å². The summed E-state index contributed by atoms with van der Waals surface area (Å²) >= 11 is 0. The lowest BCUT2D eigenvalue weighted by Gasteiger charge is -2.18. The Morgan fingerprint density at radius 1 is 1.18 bits per heavy atom. The number of amides is 1. The zero-order valence-electron chi connectivity index (χ0n) is 12.0. The number of carbonyl (C=O) groups is 2. The summed E-state index contributed by atoms with van der Waals surface area (Å²) in [5.41, 5.74) is 1.32. The number of nitrogens with one attached hydrogen (secondary N) is 1. The zero-order valence-corrected chi connectivity index (χ0v) is 12.0. The third-order valence-electron chi connectivity index (χ3n) is 3.25. The maximum Gasteiger partial charge on any atom is 0.305 e. The lowest BCUT2D eigenvalue weighted by atomic mass is 10.0. The fraction of sp³-hybridized carbons (Fsp3) is 0.176. The van der Waals surface area contributed by atoms with Crippen LogP contribution < -0.4 is 5.32 Å². The molecule has 2 aromatic carbocycles. The highest BCUT2D eigenvalue weighted by Gasteiger charge is 2.20. The van der Waals surface area contributed by atoms with Crippen molar-refractivity contribution in [2.45, 2.75) is 19.4 Å². The molecular weight excluding hydrogens is 285 g/mol. The SMILES string of the molecule is Cc1ccc(F)c(C(=O)NC(CC(=O)O)c2ccccc2)c1. The molecule has 0 fully saturated rings. The number of aliphatic carboxylic acids is 1. The van der Waals surface area contributed by atoms with E-state index in [-0.39, 0.29) is 12.0 Å². The summed E-state index contributed by atoms with van der Waals surface area (Å²) in [5.74, 6) is -2.31. The van der Waals surface area contributed by atoms with Crippen LogP contribution in [0.15, 0.2) is 48.5 Å². The molecule has 0 saturated heterocycles. The summed E-state index contributed by atoms with van der Waals surface area (Å²) in [5, 5.41) is 11.6. The highest BCUT2D eigenvalue weighted by molar-refractivity contribution is 5.95. The summed E-state index contributed by atoms with van der Waals surface area (Å²) in [7, 11) is 0. The van der Waals surface area contributed by atoms with Gasteiger partial charge in [-0.1, -0.05) is 42.0 Å². The molecule has 114 valence electrons. The predicted molar refractivity (Wildman–Crippen MR) is 80.0 cm³/mol. The number of carboxylic acid groups (broad SMARTS) is 1. The second kappa shape index (κ2) is 6.85. The summed E-state index contributed by atoms with van der Waals surface area (Å²) in [6.45, 7) is 1.75. The van der Waals surface area contributed by atoms with Gasteiger partial charge >= 0.3 is 5.97 Å². The van der Waals surface area contributed by atoms with E-state index in [0.717, 1.165) is 5.56 Å². The van der Waals surface area contributed by atoms with Gasteiger partial charge in [-0.2, -0.15) is 0 Å². The Labute approximate surface area is 127 Å². The highest BCUT2D eigenvalue weighted by atomic mass is 19.1. The quantitative estimate of drug-likeness (QED) is 0.892. The van der Waals surface area contributed by atoms with Crippen LogP contribution in [-0.2, 0) is 4.79 Å². The fourth-order valence-electron chi connectivity index (χ4n) is 2.16. The minimum absolute atomic E-state index is 0.0914. The first-order valence-corrected chi connectivity index (χ1v) is 6.81. The number of carbonyl (C=O) groups excluding carboxylic acids is 1. The Morgan fingerprint density at radius 2 is 1.86 bits per heavy atom. The first-order valence-electron chi connectivity index (χ1n) is 6.81. The number of halogens is 1. The standard InChI is InChI=1S/C17H16FNO3/c1-11-7-8-14(18)13(9-11)17(22)19-15(10-16(20)21)12-5-3-2-4-6-12/h2-9,15H,10H2,1H3,(H,19,22)(H,20,21). The normalized spacial score (nSPS) is 11.7.